The standard InChI is InChI=1S/C22H30N6O2S2/c1-13-14(2)32-21-19(13)20(30)24-16(25-21)10-11-18(29)23-12-6-9-17-26-27-22(31-3)28(17)15-7-4-5-8-15/h15H,4-12H2,1-3H3,(H,23,29)(H,24,25,30). The largest absolute Gasteiger partial charge is 0.356 e. The molecule has 1 fully saturated rings. The number of hydrogen-bond donors (Lipinski definition) is 2. The van der Waals surface area contributed by atoms with E-state index in [1.807, 2.05) is 20.1 Å². The van der Waals surface area contributed by atoms with Crippen molar-refractivity contribution in [1.82, 2.24) is 30.0 Å². The highest BCUT2D eigenvalue weighted by atomic mass is 32.2. The lowest BCUT2D eigenvalue weighted by molar-refractivity contribution is -0.121. The quantitative estimate of drug-likeness (QED) is 0.362. The van der Waals surface area contributed by atoms with Gasteiger partial charge >= 0.3 is 0 Å². The van der Waals surface area contributed by atoms with E-state index in [0.29, 0.717) is 36.6 Å². The van der Waals surface area contributed by atoms with E-state index in [4.69, 9.17) is 0 Å². The van der Waals surface area contributed by atoms with Gasteiger partial charge in [-0.3, -0.25) is 9.59 Å². The summed E-state index contributed by atoms with van der Waals surface area (Å²) in [6, 6.07) is 0.514. The molecule has 1 saturated carbocycles. The molecule has 0 aliphatic heterocycles. The summed E-state index contributed by atoms with van der Waals surface area (Å²) in [5.41, 5.74) is 0.861. The summed E-state index contributed by atoms with van der Waals surface area (Å²) in [6.45, 7) is 4.53. The Hall–Kier alpha value is -2.20. The van der Waals surface area contributed by atoms with E-state index in [0.717, 1.165) is 39.1 Å². The number of carbonyl (C=O) groups is 1. The van der Waals surface area contributed by atoms with Gasteiger partial charge in [0.05, 0.1) is 5.39 Å². The van der Waals surface area contributed by atoms with Crippen molar-refractivity contribution in [3.8, 4) is 0 Å². The number of rotatable bonds is 9. The van der Waals surface area contributed by atoms with Crippen molar-refractivity contribution < 1.29 is 4.79 Å². The van der Waals surface area contributed by atoms with Crippen molar-refractivity contribution >= 4 is 39.2 Å². The van der Waals surface area contributed by atoms with Crippen LogP contribution < -0.4 is 10.9 Å². The van der Waals surface area contributed by atoms with Gasteiger partial charge in [0.25, 0.3) is 5.56 Å². The summed E-state index contributed by atoms with van der Waals surface area (Å²) >= 11 is 3.17. The maximum atomic E-state index is 12.4. The summed E-state index contributed by atoms with van der Waals surface area (Å²) in [4.78, 5) is 33.9. The number of amides is 1. The summed E-state index contributed by atoms with van der Waals surface area (Å²) in [5.74, 6) is 1.55. The summed E-state index contributed by atoms with van der Waals surface area (Å²) in [5, 5.41) is 13.4. The Labute approximate surface area is 195 Å². The highest BCUT2D eigenvalue weighted by molar-refractivity contribution is 7.98. The molecule has 0 aromatic carbocycles. The fraction of sp³-hybridized carbons (Fsp3) is 0.591. The topological polar surface area (TPSA) is 106 Å². The Morgan fingerprint density at radius 1 is 1.25 bits per heavy atom. The molecule has 2 N–H and O–H groups in total. The van der Waals surface area contributed by atoms with E-state index < -0.39 is 0 Å². The average molecular weight is 475 g/mol. The minimum Gasteiger partial charge on any atom is -0.356 e. The Morgan fingerprint density at radius 3 is 2.78 bits per heavy atom. The molecule has 1 aliphatic carbocycles. The van der Waals surface area contributed by atoms with E-state index in [1.165, 1.54) is 37.0 Å². The number of aromatic nitrogens is 5. The van der Waals surface area contributed by atoms with E-state index in [1.54, 1.807) is 11.8 Å². The van der Waals surface area contributed by atoms with E-state index in [2.05, 4.69) is 30.0 Å². The first kappa shape index (κ1) is 23.0. The van der Waals surface area contributed by atoms with Gasteiger partial charge in [-0.1, -0.05) is 24.6 Å². The lowest BCUT2D eigenvalue weighted by Crippen LogP contribution is -2.26. The summed E-state index contributed by atoms with van der Waals surface area (Å²) in [7, 11) is 0. The number of aromatic amines is 1. The zero-order valence-corrected chi connectivity index (χ0v) is 20.5. The second kappa shape index (κ2) is 10.2. The average Bonchev–Trinajstić information content (AvgIpc) is 3.49. The molecule has 0 saturated heterocycles. The normalized spacial score (nSPS) is 14.5. The van der Waals surface area contributed by atoms with Gasteiger partial charge in [0.15, 0.2) is 5.16 Å². The Bertz CT molecular complexity index is 1160. The molecule has 1 aliphatic rings. The number of fused-ring (bicyclic) bond motifs is 1. The highest BCUT2D eigenvalue weighted by Gasteiger charge is 2.23. The van der Waals surface area contributed by atoms with Gasteiger partial charge in [-0.2, -0.15) is 0 Å². The van der Waals surface area contributed by atoms with Gasteiger partial charge in [-0.25, -0.2) is 4.98 Å². The van der Waals surface area contributed by atoms with Crippen molar-refractivity contribution in [1.29, 1.82) is 0 Å². The van der Waals surface area contributed by atoms with Gasteiger partial charge in [-0.15, -0.1) is 21.5 Å². The molecule has 0 unspecified atom stereocenters. The fourth-order valence-electron chi connectivity index (χ4n) is 4.36. The van der Waals surface area contributed by atoms with Crippen molar-refractivity contribution in [3.63, 3.8) is 0 Å². The molecule has 3 heterocycles. The zero-order chi connectivity index (χ0) is 22.7. The van der Waals surface area contributed by atoms with Crippen LogP contribution in [0.25, 0.3) is 10.2 Å². The number of thioether (sulfide) groups is 1. The van der Waals surface area contributed by atoms with E-state index in [9.17, 15) is 9.59 Å². The van der Waals surface area contributed by atoms with Crippen molar-refractivity contribution in [2.24, 2.45) is 0 Å². The summed E-state index contributed by atoms with van der Waals surface area (Å²) < 4.78 is 2.31. The molecule has 0 radical (unpaired) electrons. The molecule has 8 nitrogen and oxygen atoms in total. The third-order valence-electron chi connectivity index (χ3n) is 6.18. The number of thiophene rings is 1. The molecule has 1 amide bonds. The Morgan fingerprint density at radius 2 is 2.03 bits per heavy atom. The molecular weight excluding hydrogens is 444 g/mol. The van der Waals surface area contributed by atoms with Crippen LogP contribution in [0.4, 0.5) is 0 Å². The van der Waals surface area contributed by atoms with Gasteiger partial charge in [0.1, 0.15) is 16.5 Å². The number of nitrogens with one attached hydrogen (secondary N) is 2. The maximum Gasteiger partial charge on any atom is 0.259 e. The maximum absolute atomic E-state index is 12.4. The molecule has 10 heteroatoms. The number of aryl methyl sites for hydroxylation is 4. The van der Waals surface area contributed by atoms with Crippen LogP contribution in [0.1, 0.15) is 66.7 Å². The van der Waals surface area contributed by atoms with Crippen LogP contribution in [-0.4, -0.2) is 43.4 Å². The van der Waals surface area contributed by atoms with Crippen molar-refractivity contribution in [2.45, 2.75) is 76.4 Å². The molecule has 0 bridgehead atoms. The second-order valence-corrected chi connectivity index (χ2v) is 10.3. The van der Waals surface area contributed by atoms with E-state index >= 15 is 0 Å². The molecule has 3 aromatic rings. The number of hydrogen-bond acceptors (Lipinski definition) is 7. The first-order valence-corrected chi connectivity index (χ1v) is 13.3. The van der Waals surface area contributed by atoms with Crippen molar-refractivity contribution in [3.05, 3.63) is 32.4 Å². The van der Waals surface area contributed by atoms with Crippen LogP contribution in [0, 0.1) is 13.8 Å². The number of carbonyl (C=O) groups excluding carboxylic acids is 1. The molecule has 32 heavy (non-hydrogen) atoms. The first-order chi connectivity index (χ1) is 15.5. The number of H-pyrrole nitrogens is 1. The second-order valence-electron chi connectivity index (χ2n) is 8.34. The minimum absolute atomic E-state index is 0.0339. The predicted octanol–water partition coefficient (Wildman–Crippen LogP) is 3.71. The third kappa shape index (κ3) is 4.91. The summed E-state index contributed by atoms with van der Waals surface area (Å²) in [6.07, 6.45) is 9.30. The highest BCUT2D eigenvalue weighted by Crippen LogP contribution is 2.33. The van der Waals surface area contributed by atoms with E-state index in [-0.39, 0.29) is 11.5 Å². The number of nitrogens with zero attached hydrogens (tertiary/aromatic N) is 4. The Kier molecular flexibility index (Phi) is 7.30. The fourth-order valence-corrected chi connectivity index (χ4v) is 5.98. The monoisotopic (exact) mass is 474 g/mol. The van der Waals surface area contributed by atoms with Crippen LogP contribution in [0.3, 0.4) is 0 Å². The van der Waals surface area contributed by atoms with Crippen LogP contribution in [0.15, 0.2) is 9.95 Å². The van der Waals surface area contributed by atoms with Gasteiger partial charge < -0.3 is 14.9 Å². The first-order valence-electron chi connectivity index (χ1n) is 11.2. The zero-order valence-electron chi connectivity index (χ0n) is 18.9. The van der Waals surface area contributed by atoms with Gasteiger partial charge in [-0.05, 0) is 44.9 Å². The molecule has 4 rings (SSSR count). The minimum atomic E-state index is -0.122. The molecule has 0 spiro atoms. The molecule has 0 atom stereocenters. The van der Waals surface area contributed by atoms with Crippen LogP contribution in [0.2, 0.25) is 0 Å². The smallest absolute Gasteiger partial charge is 0.259 e. The molecule has 3 aromatic heterocycles. The SMILES string of the molecule is CSc1nnc(CCCNC(=O)CCc2nc3sc(C)c(C)c3c(=O)[nH]2)n1C1CCCC1. The van der Waals surface area contributed by atoms with Gasteiger partial charge in [0.2, 0.25) is 5.91 Å². The van der Waals surface area contributed by atoms with Crippen LogP contribution in [-0.2, 0) is 17.6 Å². The third-order valence-corrected chi connectivity index (χ3v) is 7.93. The predicted molar refractivity (Wildman–Crippen MR) is 129 cm³/mol. The lowest BCUT2D eigenvalue weighted by Gasteiger charge is -2.16. The van der Waals surface area contributed by atoms with Crippen LogP contribution >= 0.6 is 23.1 Å². The lowest BCUT2D eigenvalue weighted by atomic mass is 10.2. The van der Waals surface area contributed by atoms with Gasteiger partial charge in [0, 0.05) is 36.7 Å². The van der Waals surface area contributed by atoms with Crippen LogP contribution in [0.5, 0.6) is 0 Å². The van der Waals surface area contributed by atoms with Crippen molar-refractivity contribution in [2.75, 3.05) is 12.8 Å². The molecular formula is C22H30N6O2S2. The molecule has 172 valence electrons. The Balaban J connectivity index is 1.26.